The number of carbonyl (C=O) groups is 4. The molecule has 294 valence electrons. The molecule has 17 heteroatoms. The zero-order valence-corrected chi connectivity index (χ0v) is 31.4. The molecule has 0 radical (unpaired) electrons. The first-order chi connectivity index (χ1) is 27.1. The molecule has 8 rings (SSSR count). The minimum absolute atomic E-state index is 0.0391. The predicted molar refractivity (Wildman–Crippen MR) is 198 cm³/mol. The Bertz CT molecular complexity index is 2380. The second-order valence-electron chi connectivity index (χ2n) is 14.3. The zero-order valence-electron chi connectivity index (χ0n) is 29.9. The lowest BCUT2D eigenvalue weighted by molar-refractivity contribution is -0.142. The molecule has 4 amide bonds. The van der Waals surface area contributed by atoms with Gasteiger partial charge in [0.1, 0.15) is 23.0 Å². The van der Waals surface area contributed by atoms with Crippen LogP contribution in [0.15, 0.2) is 90.5 Å². The normalized spacial score (nSPS) is 25.5. The molecule has 2 N–H and O–H groups in total. The molecule has 2 aliphatic heterocycles. The monoisotopic (exact) mass is 823 g/mol. The number of ether oxygens (including phenoxy) is 1. The Morgan fingerprint density at radius 1 is 0.930 bits per heavy atom. The molecule has 4 aliphatic rings. The summed E-state index contributed by atoms with van der Waals surface area (Å²) < 4.78 is 60.8. The van der Waals surface area contributed by atoms with Crippen LogP contribution in [0.5, 0.6) is 11.5 Å². The van der Waals surface area contributed by atoms with Gasteiger partial charge in [-0.2, -0.15) is 23.2 Å². The summed E-state index contributed by atoms with van der Waals surface area (Å²) in [5.74, 6) is -9.60. The summed E-state index contributed by atoms with van der Waals surface area (Å²) in [4.78, 5) is 62.6. The van der Waals surface area contributed by atoms with E-state index in [1.165, 1.54) is 32.4 Å². The lowest BCUT2D eigenvalue weighted by atomic mass is 9.49. The summed E-state index contributed by atoms with van der Waals surface area (Å²) in [5, 5.41) is 14.2. The number of anilines is 2. The minimum Gasteiger partial charge on any atom is -0.508 e. The highest BCUT2D eigenvalue weighted by molar-refractivity contribution is 6.33. The van der Waals surface area contributed by atoms with Crippen molar-refractivity contribution in [1.82, 2.24) is 15.0 Å². The number of amides is 4. The average molecular weight is 825 g/mol. The van der Waals surface area contributed by atoms with Gasteiger partial charge in [0.2, 0.25) is 0 Å². The Morgan fingerprint density at radius 3 is 2.30 bits per heavy atom. The summed E-state index contributed by atoms with van der Waals surface area (Å²) in [5.41, 5.74) is 0.923. The molecule has 1 saturated carbocycles. The summed E-state index contributed by atoms with van der Waals surface area (Å²) >= 11 is 12.6. The van der Waals surface area contributed by atoms with Crippen LogP contribution < -0.4 is 15.2 Å². The fourth-order valence-electron chi connectivity index (χ4n) is 9.16. The van der Waals surface area contributed by atoms with Crippen LogP contribution >= 0.6 is 23.2 Å². The molecule has 2 saturated heterocycles. The predicted octanol–water partition coefficient (Wildman–Crippen LogP) is 7.30. The van der Waals surface area contributed by atoms with Gasteiger partial charge < -0.3 is 9.84 Å². The number of phenolic OH excluding ortho intramolecular Hbond substituents is 1. The summed E-state index contributed by atoms with van der Waals surface area (Å²) in [7, 11) is 2.58. The van der Waals surface area contributed by atoms with Crippen molar-refractivity contribution in [3.8, 4) is 11.5 Å². The van der Waals surface area contributed by atoms with E-state index < -0.39 is 82.1 Å². The van der Waals surface area contributed by atoms with Crippen molar-refractivity contribution < 1.29 is 46.6 Å². The number of hydrogen-bond donors (Lipinski definition) is 2. The number of nitrogens with zero attached hydrogens (tertiary/aromatic N) is 4. The van der Waals surface area contributed by atoms with Gasteiger partial charge in [-0.3, -0.25) is 29.6 Å². The first-order valence-electron chi connectivity index (χ1n) is 17.7. The quantitative estimate of drug-likeness (QED) is 0.112. The molecule has 2 aliphatic carbocycles. The minimum atomic E-state index is -4.85. The Hall–Kier alpha value is -5.67. The maximum Gasteiger partial charge on any atom is 0.433 e. The van der Waals surface area contributed by atoms with E-state index in [9.17, 15) is 37.1 Å². The van der Waals surface area contributed by atoms with E-state index in [4.69, 9.17) is 27.9 Å². The number of nitrogens with one attached hydrogen (secondary N) is 1. The molecule has 3 aromatic carbocycles. The van der Waals surface area contributed by atoms with Gasteiger partial charge in [-0.25, -0.2) is 9.37 Å². The number of imide groups is 2. The third-order valence-corrected chi connectivity index (χ3v) is 12.1. The molecular formula is C40H31Cl2F4N5O6. The third kappa shape index (κ3) is 5.80. The van der Waals surface area contributed by atoms with E-state index in [-0.39, 0.29) is 40.6 Å². The van der Waals surface area contributed by atoms with Crippen LogP contribution in [0.3, 0.4) is 0 Å². The number of allylic oxidation sites excluding steroid dienone is 2. The number of hydrogen-bond acceptors (Lipinski definition) is 9. The lowest BCUT2D eigenvalue weighted by Crippen LogP contribution is -2.53. The van der Waals surface area contributed by atoms with Crippen molar-refractivity contribution in [2.45, 2.75) is 30.4 Å². The standard InChI is InChI=1S/C40H31Cl2F4N5O6/c1-49(34-27(42)16-17-30(47-34)40(44,45)46)51-35(53)24-15-14-23-25(31(24)37(51)55)18-26-36(54)50(48-22-12-10-21(43)11-13-22)38(56)39(26,19-6-8-20(41)9-7-19)33(23)32-28(52)4-3-5-29(32)57-2/h3-14,16-17,24-26,31,33,48,52H,15,18H2,1-2H3/t24-,25+,26-,31-,33+,39+/m0/s1. The molecule has 1 aromatic heterocycles. The molecule has 11 nitrogen and oxygen atoms in total. The molecule has 4 aromatic rings. The van der Waals surface area contributed by atoms with E-state index in [0.717, 1.165) is 33.2 Å². The highest BCUT2D eigenvalue weighted by Crippen LogP contribution is 2.66. The van der Waals surface area contributed by atoms with Crippen molar-refractivity contribution in [2.24, 2.45) is 23.7 Å². The van der Waals surface area contributed by atoms with Gasteiger partial charge in [-0.1, -0.05) is 53.1 Å². The van der Waals surface area contributed by atoms with E-state index in [2.05, 4.69) is 10.4 Å². The Kier molecular flexibility index (Phi) is 9.23. The number of carbonyl (C=O) groups excluding carboxylic acids is 4. The Labute approximate surface area is 332 Å². The van der Waals surface area contributed by atoms with Gasteiger partial charge in [0, 0.05) is 23.6 Å². The fourth-order valence-corrected chi connectivity index (χ4v) is 9.51. The van der Waals surface area contributed by atoms with Crippen LogP contribution in [0.1, 0.15) is 35.6 Å². The van der Waals surface area contributed by atoms with Crippen LogP contribution in [0.25, 0.3) is 0 Å². The first-order valence-corrected chi connectivity index (χ1v) is 18.4. The van der Waals surface area contributed by atoms with Gasteiger partial charge >= 0.3 is 6.18 Å². The van der Waals surface area contributed by atoms with Gasteiger partial charge in [0.05, 0.1) is 41.0 Å². The van der Waals surface area contributed by atoms with Crippen LogP contribution in [0.2, 0.25) is 10.0 Å². The highest BCUT2D eigenvalue weighted by Gasteiger charge is 2.71. The van der Waals surface area contributed by atoms with E-state index in [1.54, 1.807) is 42.5 Å². The summed E-state index contributed by atoms with van der Waals surface area (Å²) in [6.07, 6.45) is -3.31. The number of aromatic hydroxyl groups is 1. The highest BCUT2D eigenvalue weighted by atomic mass is 35.5. The molecule has 0 unspecified atom stereocenters. The van der Waals surface area contributed by atoms with E-state index in [0.29, 0.717) is 22.2 Å². The van der Waals surface area contributed by atoms with Crippen LogP contribution in [0.4, 0.5) is 29.1 Å². The molecule has 3 fully saturated rings. The molecule has 3 heterocycles. The second-order valence-corrected chi connectivity index (χ2v) is 15.1. The van der Waals surface area contributed by atoms with Crippen molar-refractivity contribution in [3.63, 3.8) is 0 Å². The number of hydrazine groups is 2. The summed E-state index contributed by atoms with van der Waals surface area (Å²) in [6.45, 7) is 0. The molecular weight excluding hydrogens is 793 g/mol. The van der Waals surface area contributed by atoms with Crippen molar-refractivity contribution >= 4 is 58.3 Å². The third-order valence-electron chi connectivity index (χ3n) is 11.5. The summed E-state index contributed by atoms with van der Waals surface area (Å²) in [6, 6.07) is 17.5. The van der Waals surface area contributed by atoms with E-state index >= 15 is 4.79 Å². The SMILES string of the molecule is COc1cccc(O)c1[C@H]1C2=CC[C@@H]3C(=O)N(N(C)c4nc(C(F)(F)F)ccc4Cl)C(=O)[C@@H]3[C@@H]2C[C@H]2C(=O)N(Nc3ccc(F)cc3)C(=O)[C@@]12c1ccc(Cl)cc1. The molecule has 0 bridgehead atoms. The van der Waals surface area contributed by atoms with Gasteiger partial charge in [-0.05, 0) is 85.0 Å². The first kappa shape index (κ1) is 38.2. The van der Waals surface area contributed by atoms with Crippen LogP contribution in [-0.4, -0.2) is 57.9 Å². The van der Waals surface area contributed by atoms with E-state index in [1.807, 2.05) is 0 Å². The van der Waals surface area contributed by atoms with Crippen molar-refractivity contribution in [1.29, 1.82) is 0 Å². The fraction of sp³-hybridized carbons (Fsp3) is 0.275. The second kappa shape index (κ2) is 13.8. The lowest BCUT2D eigenvalue weighted by Gasteiger charge is -2.50. The number of pyridine rings is 1. The zero-order chi connectivity index (χ0) is 40.7. The number of alkyl halides is 3. The molecule has 6 atom stereocenters. The number of methoxy groups -OCH3 is 1. The van der Waals surface area contributed by atoms with Crippen LogP contribution in [-0.2, 0) is 30.8 Å². The number of fused-ring (bicyclic) bond motifs is 4. The maximum absolute atomic E-state index is 15.3. The average Bonchev–Trinajstić information content (AvgIpc) is 3.56. The van der Waals surface area contributed by atoms with Crippen molar-refractivity contribution in [2.75, 3.05) is 24.6 Å². The van der Waals surface area contributed by atoms with Gasteiger partial charge in [0.25, 0.3) is 23.6 Å². The van der Waals surface area contributed by atoms with Crippen LogP contribution in [0, 0.1) is 29.5 Å². The molecule has 57 heavy (non-hydrogen) atoms. The van der Waals surface area contributed by atoms with Gasteiger partial charge in [-0.15, -0.1) is 0 Å². The smallest absolute Gasteiger partial charge is 0.433 e. The number of phenols is 1. The Balaban J connectivity index is 1.30. The topological polar surface area (TPSA) is 132 Å². The van der Waals surface area contributed by atoms with Gasteiger partial charge in [0.15, 0.2) is 5.82 Å². The number of aromatic nitrogens is 1. The number of rotatable bonds is 7. The Morgan fingerprint density at radius 2 is 1.63 bits per heavy atom. The number of benzene rings is 3. The number of halogens is 6. The molecule has 0 spiro atoms. The maximum atomic E-state index is 15.3. The van der Waals surface area contributed by atoms with Crippen molar-refractivity contribution in [3.05, 3.63) is 123 Å². The largest absolute Gasteiger partial charge is 0.508 e.